The first kappa shape index (κ1) is 21.2. The largest absolute Gasteiger partial charge is 0.494 e. The quantitative estimate of drug-likeness (QED) is 0.544. The minimum absolute atomic E-state index is 0.0639. The van der Waals surface area contributed by atoms with Gasteiger partial charge in [0.2, 0.25) is 5.95 Å². The van der Waals surface area contributed by atoms with Crippen molar-refractivity contribution in [2.75, 3.05) is 26.1 Å². The molecule has 0 saturated carbocycles. The van der Waals surface area contributed by atoms with Crippen molar-refractivity contribution in [2.24, 2.45) is 0 Å². The maximum Gasteiger partial charge on any atom is 0.228 e. The smallest absolute Gasteiger partial charge is 0.228 e. The van der Waals surface area contributed by atoms with Gasteiger partial charge >= 0.3 is 0 Å². The molecule has 1 aromatic carbocycles. The van der Waals surface area contributed by atoms with E-state index in [0.29, 0.717) is 12.4 Å². The monoisotopic (exact) mass is 421 g/mol. The summed E-state index contributed by atoms with van der Waals surface area (Å²) < 4.78 is 45.6. The van der Waals surface area contributed by atoms with Crippen LogP contribution in [0.5, 0.6) is 17.2 Å². The summed E-state index contributed by atoms with van der Waals surface area (Å²) in [4.78, 5) is 8.24. The maximum atomic E-state index is 14.4. The van der Waals surface area contributed by atoms with Crippen molar-refractivity contribution in [2.45, 2.75) is 20.1 Å². The van der Waals surface area contributed by atoms with E-state index in [4.69, 9.17) is 19.3 Å². The topological polar surface area (TPSA) is 104 Å². The van der Waals surface area contributed by atoms with Crippen molar-refractivity contribution < 1.29 is 28.1 Å². The number of aromatic nitrogens is 4. The molecule has 0 aliphatic carbocycles. The van der Waals surface area contributed by atoms with Crippen LogP contribution in [0.4, 0.5) is 20.5 Å². The molecule has 0 aliphatic rings. The summed E-state index contributed by atoms with van der Waals surface area (Å²) in [5, 5.41) is 16.3. The van der Waals surface area contributed by atoms with Crippen molar-refractivity contribution >= 4 is 11.8 Å². The Hall–Kier alpha value is -3.47. The van der Waals surface area contributed by atoms with Crippen LogP contribution < -0.4 is 19.5 Å². The minimum atomic E-state index is -0.873. The van der Waals surface area contributed by atoms with Crippen LogP contribution in [-0.4, -0.2) is 45.7 Å². The Balaban J connectivity index is 1.71. The summed E-state index contributed by atoms with van der Waals surface area (Å²) in [7, 11) is 2.54. The highest BCUT2D eigenvalue weighted by Crippen LogP contribution is 2.32. The molecule has 11 heteroatoms. The minimum Gasteiger partial charge on any atom is -0.494 e. The number of hydrogen-bond acceptors (Lipinski definition) is 8. The first-order valence-electron chi connectivity index (χ1n) is 8.92. The number of rotatable bonds is 9. The molecule has 0 spiro atoms. The lowest BCUT2D eigenvalue weighted by Crippen LogP contribution is -2.09. The van der Waals surface area contributed by atoms with Crippen LogP contribution >= 0.6 is 0 Å². The summed E-state index contributed by atoms with van der Waals surface area (Å²) in [5.41, 5.74) is 0.431. The van der Waals surface area contributed by atoms with Gasteiger partial charge in [-0.15, -0.1) is 0 Å². The van der Waals surface area contributed by atoms with E-state index in [1.54, 1.807) is 10.7 Å². The summed E-state index contributed by atoms with van der Waals surface area (Å²) in [6, 6.07) is 2.91. The average Bonchev–Trinajstić information content (AvgIpc) is 3.08. The Morgan fingerprint density at radius 3 is 2.27 bits per heavy atom. The fourth-order valence-corrected chi connectivity index (χ4v) is 2.70. The number of hydrogen-bond donors (Lipinski definition) is 2. The molecule has 160 valence electrons. The second kappa shape index (κ2) is 9.35. The molecule has 0 unspecified atom stereocenters. The molecular weight excluding hydrogens is 400 g/mol. The third-order valence-corrected chi connectivity index (χ3v) is 4.13. The van der Waals surface area contributed by atoms with Crippen LogP contribution in [0.25, 0.3) is 0 Å². The standard InChI is InChI=1S/C19H21F2N5O4/c1-11-6-16(26(25-11)4-5-27)24-19-22-8-12(9-23-19)30-10-13-17(20)14(28-2)7-15(29-3)18(13)21/h6-9,27H,4-5,10H2,1-3H3,(H,22,23,24). The first-order valence-corrected chi connectivity index (χ1v) is 8.92. The Labute approximate surface area is 171 Å². The molecular formula is C19H21F2N5O4. The summed E-state index contributed by atoms with van der Waals surface area (Å²) >= 11 is 0. The van der Waals surface area contributed by atoms with Gasteiger partial charge in [0, 0.05) is 12.1 Å². The summed E-state index contributed by atoms with van der Waals surface area (Å²) in [5.74, 6) is -0.967. The van der Waals surface area contributed by atoms with Crippen LogP contribution in [0.3, 0.4) is 0 Å². The highest BCUT2D eigenvalue weighted by Gasteiger charge is 2.20. The molecule has 30 heavy (non-hydrogen) atoms. The van der Waals surface area contributed by atoms with Gasteiger partial charge in [-0.3, -0.25) is 0 Å². The number of aliphatic hydroxyl groups excluding tert-OH is 1. The number of nitrogens with one attached hydrogen (secondary N) is 1. The number of halogens is 2. The van der Waals surface area contributed by atoms with E-state index in [9.17, 15) is 8.78 Å². The lowest BCUT2D eigenvalue weighted by Gasteiger charge is -2.13. The molecule has 0 amide bonds. The van der Waals surface area contributed by atoms with Gasteiger partial charge in [0.25, 0.3) is 0 Å². The third-order valence-electron chi connectivity index (χ3n) is 4.13. The third kappa shape index (κ3) is 4.57. The van der Waals surface area contributed by atoms with Gasteiger partial charge < -0.3 is 24.6 Å². The zero-order valence-electron chi connectivity index (χ0n) is 16.6. The molecule has 2 aromatic heterocycles. The SMILES string of the molecule is COc1cc(OC)c(F)c(COc2cnc(Nc3cc(C)nn3CCO)nc2)c1F. The Bertz CT molecular complexity index is 983. The van der Waals surface area contributed by atoms with E-state index in [1.165, 1.54) is 26.6 Å². The fourth-order valence-electron chi connectivity index (χ4n) is 2.70. The molecule has 2 heterocycles. The molecule has 9 nitrogen and oxygen atoms in total. The predicted molar refractivity (Wildman–Crippen MR) is 103 cm³/mol. The van der Waals surface area contributed by atoms with E-state index in [-0.39, 0.29) is 35.4 Å². The van der Waals surface area contributed by atoms with Crippen LogP contribution in [0.15, 0.2) is 24.5 Å². The van der Waals surface area contributed by atoms with Crippen molar-refractivity contribution in [1.29, 1.82) is 0 Å². The van der Waals surface area contributed by atoms with Crippen LogP contribution in [0.1, 0.15) is 11.3 Å². The van der Waals surface area contributed by atoms with E-state index >= 15 is 0 Å². The number of benzene rings is 1. The predicted octanol–water partition coefficient (Wildman–Crippen LogP) is 2.59. The van der Waals surface area contributed by atoms with E-state index in [0.717, 1.165) is 11.8 Å². The molecule has 3 rings (SSSR count). The molecule has 0 atom stereocenters. The average molecular weight is 421 g/mol. The second-order valence-corrected chi connectivity index (χ2v) is 6.16. The molecule has 2 N–H and O–H groups in total. The first-order chi connectivity index (χ1) is 14.5. The highest BCUT2D eigenvalue weighted by molar-refractivity contribution is 5.49. The fraction of sp³-hybridized carbons (Fsp3) is 0.316. The molecule has 0 bridgehead atoms. The van der Waals surface area contributed by atoms with Gasteiger partial charge in [0.05, 0.1) is 51.0 Å². The Morgan fingerprint density at radius 1 is 1.07 bits per heavy atom. The van der Waals surface area contributed by atoms with Gasteiger partial charge in [-0.25, -0.2) is 23.4 Å². The molecule has 0 saturated heterocycles. The number of anilines is 2. The maximum absolute atomic E-state index is 14.4. The van der Waals surface area contributed by atoms with Crippen LogP contribution in [-0.2, 0) is 13.2 Å². The second-order valence-electron chi connectivity index (χ2n) is 6.16. The number of ether oxygens (including phenoxy) is 3. The normalized spacial score (nSPS) is 10.7. The number of aryl methyl sites for hydroxylation is 1. The van der Waals surface area contributed by atoms with Crippen LogP contribution in [0, 0.1) is 18.6 Å². The van der Waals surface area contributed by atoms with Crippen molar-refractivity contribution in [1.82, 2.24) is 19.7 Å². The van der Waals surface area contributed by atoms with Gasteiger partial charge in [0.1, 0.15) is 12.4 Å². The number of nitrogens with zero attached hydrogens (tertiary/aromatic N) is 4. The number of aliphatic hydroxyl groups is 1. The molecule has 0 radical (unpaired) electrons. The van der Waals surface area contributed by atoms with Gasteiger partial charge in [-0.2, -0.15) is 5.10 Å². The van der Waals surface area contributed by atoms with Crippen molar-refractivity contribution in [3.63, 3.8) is 0 Å². The molecule has 0 fully saturated rings. The van der Waals surface area contributed by atoms with Gasteiger partial charge in [0.15, 0.2) is 28.9 Å². The summed E-state index contributed by atoms with van der Waals surface area (Å²) in [6.45, 7) is 1.66. The van der Waals surface area contributed by atoms with Gasteiger partial charge in [-0.1, -0.05) is 0 Å². The van der Waals surface area contributed by atoms with Crippen molar-refractivity contribution in [3.05, 3.63) is 47.4 Å². The zero-order valence-corrected chi connectivity index (χ0v) is 16.6. The van der Waals surface area contributed by atoms with Crippen LogP contribution in [0.2, 0.25) is 0 Å². The molecule has 0 aliphatic heterocycles. The Kier molecular flexibility index (Phi) is 6.62. The van der Waals surface area contributed by atoms with E-state index in [1.807, 2.05) is 6.92 Å². The summed E-state index contributed by atoms with van der Waals surface area (Å²) in [6.07, 6.45) is 2.73. The number of methoxy groups -OCH3 is 2. The van der Waals surface area contributed by atoms with E-state index < -0.39 is 18.2 Å². The zero-order chi connectivity index (χ0) is 21.7. The highest BCUT2D eigenvalue weighted by atomic mass is 19.1. The molecule has 3 aromatic rings. The Morgan fingerprint density at radius 2 is 1.70 bits per heavy atom. The van der Waals surface area contributed by atoms with E-state index in [2.05, 4.69) is 20.4 Å². The lowest BCUT2D eigenvalue weighted by atomic mass is 10.1. The lowest BCUT2D eigenvalue weighted by molar-refractivity contribution is 0.270. The van der Waals surface area contributed by atoms with Crippen molar-refractivity contribution in [3.8, 4) is 17.2 Å². The van der Waals surface area contributed by atoms with Gasteiger partial charge in [-0.05, 0) is 6.92 Å².